The van der Waals surface area contributed by atoms with E-state index >= 15 is 0 Å². The monoisotopic (exact) mass is 1690 g/mol. The predicted octanol–water partition coefficient (Wildman–Crippen LogP) is 36.7. The van der Waals surface area contributed by atoms with Crippen molar-refractivity contribution in [3.63, 3.8) is 0 Å². The predicted molar refractivity (Wildman–Crippen MR) is 553 cm³/mol. The van der Waals surface area contributed by atoms with Crippen LogP contribution < -0.4 is 0 Å². The van der Waals surface area contributed by atoms with Crippen molar-refractivity contribution in [2.75, 3.05) is 0 Å². The van der Waals surface area contributed by atoms with Crippen LogP contribution in [0, 0.1) is 55.4 Å². The first-order valence-corrected chi connectivity index (χ1v) is 46.0. The molecule has 0 unspecified atom stereocenters. The Morgan fingerprint density at radius 1 is 0.205 bits per heavy atom. The van der Waals surface area contributed by atoms with Crippen LogP contribution in [0.3, 0.4) is 0 Å². The van der Waals surface area contributed by atoms with Gasteiger partial charge in [0.1, 0.15) is 33.5 Å². The van der Waals surface area contributed by atoms with E-state index in [-0.39, 0.29) is 5.41 Å². The van der Waals surface area contributed by atoms with Gasteiger partial charge in [-0.05, 0) is 199 Å². The number of furan rings is 3. The number of hydrogen-bond acceptors (Lipinski definition) is 6. The second-order valence-electron chi connectivity index (χ2n) is 33.7. The van der Waals surface area contributed by atoms with Gasteiger partial charge in [-0.1, -0.05) is 376 Å². The first-order chi connectivity index (χ1) is 62.0. The highest BCUT2D eigenvalue weighted by Crippen LogP contribution is 2.49. The average Bonchev–Trinajstić information content (AvgIpc) is 1.64. The van der Waals surface area contributed by atoms with E-state index in [4.69, 9.17) is 13.3 Å². The Kier molecular flexibility index (Phi) is 23.2. The third-order valence-corrected chi connectivity index (χ3v) is 28.2. The van der Waals surface area contributed by atoms with Crippen LogP contribution in [0.2, 0.25) is 0 Å². The van der Waals surface area contributed by atoms with Crippen LogP contribution >= 0.6 is 34.0 Å². The van der Waals surface area contributed by atoms with Crippen LogP contribution in [-0.4, -0.2) is 0 Å². The van der Waals surface area contributed by atoms with E-state index in [1.807, 2.05) is 94.7 Å². The maximum Gasteiger partial charge on any atom is 0.143 e. The molecule has 1 aliphatic rings. The third-order valence-electron chi connectivity index (χ3n) is 24.5. The van der Waals surface area contributed by atoms with Gasteiger partial charge in [-0.25, -0.2) is 0 Å². The molecular weight excluding hydrogens is 1600 g/mol. The molecule has 6 aromatic heterocycles. The van der Waals surface area contributed by atoms with E-state index in [2.05, 4.69) is 409 Å². The lowest BCUT2D eigenvalue weighted by Crippen LogP contribution is -2.14. The van der Waals surface area contributed by atoms with Gasteiger partial charge in [-0.3, -0.25) is 0 Å². The van der Waals surface area contributed by atoms with Crippen LogP contribution in [0.5, 0.6) is 0 Å². The Hall–Kier alpha value is -14.2. The second-order valence-corrected chi connectivity index (χ2v) is 36.9. The molecule has 26 rings (SSSR count). The van der Waals surface area contributed by atoms with E-state index < -0.39 is 0 Å². The number of para-hydroxylation sites is 4. The van der Waals surface area contributed by atoms with E-state index in [0.717, 1.165) is 39.1 Å². The molecule has 0 saturated heterocycles. The van der Waals surface area contributed by atoms with Crippen molar-refractivity contribution in [2.24, 2.45) is 0 Å². The molecule has 25 aromatic rings. The molecule has 3 nitrogen and oxygen atoms in total. The Bertz CT molecular complexity index is 7970. The van der Waals surface area contributed by atoms with Crippen molar-refractivity contribution in [3.05, 3.63) is 456 Å². The normalized spacial score (nSPS) is 11.8. The number of hydrogen-bond donors (Lipinski definition) is 0. The number of rotatable bonds is 2. The number of aryl methyl sites for hydroxylation is 8. The molecule has 6 heterocycles. The summed E-state index contributed by atoms with van der Waals surface area (Å²) in [5.74, 6) is 0. The highest BCUT2D eigenvalue weighted by molar-refractivity contribution is 7.27. The van der Waals surface area contributed by atoms with E-state index in [0.29, 0.717) is 0 Å². The Balaban J connectivity index is 0.0000000950. The zero-order chi connectivity index (χ0) is 86.8. The lowest BCUT2D eigenvalue weighted by Gasteiger charge is -2.21. The van der Waals surface area contributed by atoms with Gasteiger partial charge in [-0.2, -0.15) is 0 Å². The smallest absolute Gasteiger partial charge is 0.143 e. The molecule has 127 heavy (non-hydrogen) atoms. The first-order valence-electron chi connectivity index (χ1n) is 43.6. The van der Waals surface area contributed by atoms with Crippen LogP contribution in [-0.2, 0) is 5.41 Å². The summed E-state index contributed by atoms with van der Waals surface area (Å²) in [6.45, 7) is 21.7. The maximum atomic E-state index is 6.17. The quantitative estimate of drug-likeness (QED) is 0.162. The van der Waals surface area contributed by atoms with Gasteiger partial charge in [0.05, 0.1) is 0 Å². The summed E-state index contributed by atoms with van der Waals surface area (Å²) in [5.41, 5.74) is 27.2. The zero-order valence-corrected chi connectivity index (χ0v) is 75.5. The Labute approximate surface area is 753 Å². The molecular formula is C121H96O3S3. The van der Waals surface area contributed by atoms with Crippen LogP contribution in [0.1, 0.15) is 69.5 Å². The minimum absolute atomic E-state index is 0.152. The number of benzene rings is 19. The van der Waals surface area contributed by atoms with Crippen molar-refractivity contribution in [1.82, 2.24) is 0 Å². The minimum atomic E-state index is 0.152. The standard InChI is InChI=1S/C19H14O.C19H14S.C16H16.C15H12.2C13H10O.2C13H10S/c2*1-13-7-5-11-16-17-12-6-10-15(19(17)20-18(13)16)14-8-3-2-4-9-14;1-11-8-9-15-13(10-11)12-6-4-5-7-14(12)16(15,2)3;1-11-6-9-15-13(10-11)8-7-12-4-2-3-5-14(12)15;1-9-5-4-8-12-13(9)10-6-2-3-7-11(10)14-12;1-9-6-7-13-11(8-9)10-4-2-3-5-12(10)14-13;1-9-5-4-8-12-13(9)10-6-2-3-7-11(10)14-12;1-9-6-7-13-11(8-9)10-4-2-3-5-12(10)14-13/h2*2-12H,1H3;4-10H,1-3H3;2-10H,1H3;4*2-8H,1H3. The molecule has 0 bridgehead atoms. The lowest BCUT2D eigenvalue weighted by atomic mass is 9.82. The minimum Gasteiger partial charge on any atom is -0.456 e. The molecule has 0 spiro atoms. The molecule has 0 atom stereocenters. The van der Waals surface area contributed by atoms with Crippen molar-refractivity contribution < 1.29 is 13.3 Å². The molecule has 616 valence electrons. The van der Waals surface area contributed by atoms with E-state index in [1.165, 1.54) is 198 Å². The van der Waals surface area contributed by atoms with Gasteiger partial charge in [0, 0.05) is 104 Å². The van der Waals surface area contributed by atoms with Crippen molar-refractivity contribution in [2.45, 2.75) is 74.7 Å². The summed E-state index contributed by atoms with van der Waals surface area (Å²) in [5, 5.41) is 20.9. The van der Waals surface area contributed by atoms with Gasteiger partial charge in [-0.15, -0.1) is 34.0 Å². The molecule has 0 fully saturated rings. The highest BCUT2D eigenvalue weighted by atomic mass is 32.1. The summed E-state index contributed by atoms with van der Waals surface area (Å²) in [6, 6.07) is 141. The molecule has 0 saturated carbocycles. The van der Waals surface area contributed by atoms with E-state index in [1.54, 1.807) is 0 Å². The molecule has 0 radical (unpaired) electrons. The number of thiophene rings is 3. The van der Waals surface area contributed by atoms with Gasteiger partial charge >= 0.3 is 0 Å². The fourth-order valence-corrected chi connectivity index (χ4v) is 21.7. The van der Waals surface area contributed by atoms with Gasteiger partial charge in [0.15, 0.2) is 0 Å². The molecule has 0 N–H and O–H groups in total. The molecule has 1 aliphatic carbocycles. The van der Waals surface area contributed by atoms with Crippen molar-refractivity contribution >= 4 is 182 Å². The van der Waals surface area contributed by atoms with Crippen LogP contribution in [0.4, 0.5) is 0 Å². The Morgan fingerprint density at radius 3 is 1.40 bits per heavy atom. The van der Waals surface area contributed by atoms with Gasteiger partial charge in [0.2, 0.25) is 0 Å². The third kappa shape index (κ3) is 16.6. The van der Waals surface area contributed by atoms with Crippen molar-refractivity contribution in [3.8, 4) is 33.4 Å². The maximum absolute atomic E-state index is 6.17. The second kappa shape index (κ2) is 35.8. The first kappa shape index (κ1) is 82.4. The summed E-state index contributed by atoms with van der Waals surface area (Å²) in [4.78, 5) is 0. The summed E-state index contributed by atoms with van der Waals surface area (Å²) < 4.78 is 26.0. The fourth-order valence-electron chi connectivity index (χ4n) is 18.2. The molecule has 19 aromatic carbocycles. The SMILES string of the molecule is Cc1ccc2c(c1)-c1ccccc1C2(C)C.Cc1ccc2c(ccc3ccccc32)c1.Cc1ccc2oc3ccccc3c2c1.Cc1ccc2sc3ccccc3c2c1.Cc1cccc2c1oc1c(-c3ccccc3)cccc12.Cc1cccc2c1sc1c(-c3ccccc3)cccc12.Cc1cccc2oc3ccccc3c12.Cc1cccc2sc3ccccc3c12. The molecule has 6 heteroatoms. The van der Waals surface area contributed by atoms with Gasteiger partial charge < -0.3 is 13.3 Å². The zero-order valence-electron chi connectivity index (χ0n) is 73.1. The summed E-state index contributed by atoms with van der Waals surface area (Å²) in [6.07, 6.45) is 0. The molecule has 0 amide bonds. The summed E-state index contributed by atoms with van der Waals surface area (Å²) >= 11 is 5.66. The lowest BCUT2D eigenvalue weighted by molar-refractivity contribution is 0.660. The van der Waals surface area contributed by atoms with Gasteiger partial charge in [0.25, 0.3) is 0 Å². The Morgan fingerprint density at radius 2 is 0.646 bits per heavy atom. The largest absolute Gasteiger partial charge is 0.456 e. The summed E-state index contributed by atoms with van der Waals surface area (Å²) in [7, 11) is 0. The van der Waals surface area contributed by atoms with Crippen LogP contribution in [0.25, 0.3) is 181 Å². The number of fused-ring (bicyclic) bond motifs is 24. The highest BCUT2D eigenvalue weighted by Gasteiger charge is 2.35. The fraction of sp³-hybridized carbons (Fsp3) is 0.0909. The average molecular weight is 1690 g/mol. The van der Waals surface area contributed by atoms with E-state index in [9.17, 15) is 0 Å². The van der Waals surface area contributed by atoms with Crippen LogP contribution in [0.15, 0.2) is 414 Å². The topological polar surface area (TPSA) is 39.4 Å². The van der Waals surface area contributed by atoms with Crippen molar-refractivity contribution in [1.29, 1.82) is 0 Å². The molecule has 0 aliphatic heterocycles.